The third-order valence-corrected chi connectivity index (χ3v) is 4.18. The van der Waals surface area contributed by atoms with Gasteiger partial charge in [0.2, 0.25) is 0 Å². The molecule has 8 heteroatoms. The first-order valence-corrected chi connectivity index (χ1v) is 7.66. The molecule has 5 nitrogen and oxygen atoms in total. The van der Waals surface area contributed by atoms with Crippen molar-refractivity contribution in [2.75, 3.05) is 13.1 Å². The highest BCUT2D eigenvalue weighted by Gasteiger charge is 2.36. The van der Waals surface area contributed by atoms with Gasteiger partial charge in [-0.25, -0.2) is 4.98 Å². The Bertz CT molecular complexity index is 727. The van der Waals surface area contributed by atoms with Gasteiger partial charge in [0, 0.05) is 44.6 Å². The van der Waals surface area contributed by atoms with E-state index in [-0.39, 0.29) is 11.8 Å². The number of aryl methyl sites for hydroxylation is 1. The predicted octanol–water partition coefficient (Wildman–Crippen LogP) is 2.85. The van der Waals surface area contributed by atoms with Gasteiger partial charge in [0.05, 0.1) is 5.56 Å². The molecular formula is C16H17F3N4O. The van der Waals surface area contributed by atoms with Crippen molar-refractivity contribution in [3.8, 4) is 0 Å². The van der Waals surface area contributed by atoms with Gasteiger partial charge in [0.25, 0.3) is 5.91 Å². The van der Waals surface area contributed by atoms with Crippen LogP contribution in [0.2, 0.25) is 0 Å². The van der Waals surface area contributed by atoms with E-state index < -0.39 is 11.9 Å². The lowest BCUT2D eigenvalue weighted by Crippen LogP contribution is -2.39. The summed E-state index contributed by atoms with van der Waals surface area (Å²) in [6.07, 6.45) is 1.05. The van der Waals surface area contributed by atoms with Gasteiger partial charge < -0.3 is 9.47 Å². The Kier molecular flexibility index (Phi) is 4.29. The normalized spacial score (nSPS) is 18.7. The van der Waals surface area contributed by atoms with Gasteiger partial charge in [0.1, 0.15) is 5.82 Å². The number of carbonyl (C=O) groups is 1. The number of piperidine rings is 1. The van der Waals surface area contributed by atoms with Crippen LogP contribution in [-0.2, 0) is 13.2 Å². The lowest BCUT2D eigenvalue weighted by molar-refractivity contribution is -0.141. The molecule has 3 heterocycles. The Morgan fingerprint density at radius 3 is 2.79 bits per heavy atom. The molecule has 0 radical (unpaired) electrons. The molecule has 1 aliphatic heterocycles. The molecule has 2 aromatic heterocycles. The molecule has 0 bridgehead atoms. The third-order valence-electron chi connectivity index (χ3n) is 4.18. The number of nitrogens with zero attached hydrogens (tertiary/aromatic N) is 4. The van der Waals surface area contributed by atoms with Crippen molar-refractivity contribution >= 4 is 5.91 Å². The van der Waals surface area contributed by atoms with Crippen molar-refractivity contribution in [2.45, 2.75) is 24.9 Å². The molecule has 0 aliphatic carbocycles. The highest BCUT2D eigenvalue weighted by atomic mass is 19.4. The molecule has 3 rings (SSSR count). The summed E-state index contributed by atoms with van der Waals surface area (Å²) >= 11 is 0. The summed E-state index contributed by atoms with van der Waals surface area (Å²) in [7, 11) is 1.56. The smallest absolute Gasteiger partial charge is 0.338 e. The van der Waals surface area contributed by atoms with Gasteiger partial charge in [-0.3, -0.25) is 9.78 Å². The summed E-state index contributed by atoms with van der Waals surface area (Å²) in [5, 5.41) is 0. The van der Waals surface area contributed by atoms with Crippen LogP contribution in [0.1, 0.15) is 40.6 Å². The van der Waals surface area contributed by atoms with Gasteiger partial charge in [-0.15, -0.1) is 0 Å². The Hall–Kier alpha value is -2.38. The fourth-order valence-electron chi connectivity index (χ4n) is 3.04. The molecule has 1 aliphatic rings. The van der Waals surface area contributed by atoms with Gasteiger partial charge in [-0.05, 0) is 25.0 Å². The van der Waals surface area contributed by atoms with Crippen molar-refractivity contribution in [2.24, 2.45) is 7.05 Å². The molecule has 1 amide bonds. The first kappa shape index (κ1) is 16.5. The fraction of sp³-hybridized carbons (Fsp3) is 0.438. The molecule has 1 fully saturated rings. The van der Waals surface area contributed by atoms with E-state index in [9.17, 15) is 18.0 Å². The average molecular weight is 338 g/mol. The minimum Gasteiger partial charge on any atom is -0.338 e. The largest absolute Gasteiger partial charge is 0.434 e. The molecule has 0 N–H and O–H groups in total. The molecule has 0 spiro atoms. The standard InChI is InChI=1S/C16H17F3N4O/c1-22-10-13(16(17,18)19)21-14(22)12-5-3-7-23(9-12)15(24)11-4-2-6-20-8-11/h2,4,6,8,10,12H,3,5,7,9H2,1H3/t12-/m0/s1. The topological polar surface area (TPSA) is 51.0 Å². The van der Waals surface area contributed by atoms with Crippen LogP contribution >= 0.6 is 0 Å². The predicted molar refractivity (Wildman–Crippen MR) is 80.3 cm³/mol. The summed E-state index contributed by atoms with van der Waals surface area (Å²) in [5.74, 6) is 0.00420. The van der Waals surface area contributed by atoms with Crippen LogP contribution < -0.4 is 0 Å². The number of alkyl halides is 3. The minimum absolute atomic E-state index is 0.155. The van der Waals surface area contributed by atoms with Crippen LogP contribution in [0.5, 0.6) is 0 Å². The number of hydrogen-bond acceptors (Lipinski definition) is 3. The van der Waals surface area contributed by atoms with Gasteiger partial charge in [-0.2, -0.15) is 13.2 Å². The quantitative estimate of drug-likeness (QED) is 0.846. The van der Waals surface area contributed by atoms with E-state index in [1.165, 1.54) is 10.8 Å². The second-order valence-electron chi connectivity index (χ2n) is 5.93. The molecule has 2 aromatic rings. The highest BCUT2D eigenvalue weighted by Crippen LogP contribution is 2.32. The number of imidazole rings is 1. The summed E-state index contributed by atoms with van der Waals surface area (Å²) < 4.78 is 39.9. The lowest BCUT2D eigenvalue weighted by Gasteiger charge is -2.32. The van der Waals surface area contributed by atoms with Crippen molar-refractivity contribution in [1.29, 1.82) is 0 Å². The summed E-state index contributed by atoms with van der Waals surface area (Å²) in [6, 6.07) is 3.37. The molecule has 24 heavy (non-hydrogen) atoms. The summed E-state index contributed by atoms with van der Waals surface area (Å²) in [5.41, 5.74) is -0.412. The minimum atomic E-state index is -4.46. The van der Waals surface area contributed by atoms with Gasteiger partial charge in [0.15, 0.2) is 5.69 Å². The second-order valence-corrected chi connectivity index (χ2v) is 5.93. The van der Waals surface area contributed by atoms with Crippen molar-refractivity contribution in [3.05, 3.63) is 47.8 Å². The summed E-state index contributed by atoms with van der Waals surface area (Å²) in [4.78, 5) is 21.9. The number of pyridine rings is 1. The van der Waals surface area contributed by atoms with Crippen LogP contribution in [0, 0.1) is 0 Å². The van der Waals surface area contributed by atoms with Crippen LogP contribution in [0.25, 0.3) is 0 Å². The van der Waals surface area contributed by atoms with Crippen LogP contribution in [0.3, 0.4) is 0 Å². The maximum absolute atomic E-state index is 12.8. The first-order chi connectivity index (χ1) is 11.4. The molecular weight excluding hydrogens is 321 g/mol. The van der Waals surface area contributed by atoms with E-state index in [0.29, 0.717) is 30.9 Å². The number of amides is 1. The van der Waals surface area contributed by atoms with E-state index in [4.69, 9.17) is 0 Å². The molecule has 128 valence electrons. The average Bonchev–Trinajstić information content (AvgIpc) is 2.97. The monoisotopic (exact) mass is 338 g/mol. The van der Waals surface area contributed by atoms with Crippen molar-refractivity contribution in [3.63, 3.8) is 0 Å². The van der Waals surface area contributed by atoms with Crippen LogP contribution in [0.4, 0.5) is 13.2 Å². The highest BCUT2D eigenvalue weighted by molar-refractivity contribution is 5.93. The molecule has 1 saturated heterocycles. The number of aromatic nitrogens is 3. The van der Waals surface area contributed by atoms with E-state index in [0.717, 1.165) is 12.6 Å². The maximum atomic E-state index is 12.8. The molecule has 0 aromatic carbocycles. The van der Waals surface area contributed by atoms with Gasteiger partial charge in [-0.1, -0.05) is 0 Å². The zero-order chi connectivity index (χ0) is 17.3. The van der Waals surface area contributed by atoms with E-state index >= 15 is 0 Å². The van der Waals surface area contributed by atoms with Crippen LogP contribution in [-0.4, -0.2) is 38.4 Å². The number of likely N-dealkylation sites (tertiary alicyclic amines) is 1. The van der Waals surface area contributed by atoms with Gasteiger partial charge >= 0.3 is 6.18 Å². The van der Waals surface area contributed by atoms with E-state index in [1.807, 2.05) is 0 Å². The second kappa shape index (κ2) is 6.26. The van der Waals surface area contributed by atoms with E-state index in [2.05, 4.69) is 9.97 Å². The maximum Gasteiger partial charge on any atom is 0.434 e. The SMILES string of the molecule is Cn1cc(C(F)(F)F)nc1[C@H]1CCCN(C(=O)c2cccnc2)C1. The number of hydrogen-bond donors (Lipinski definition) is 0. The third kappa shape index (κ3) is 3.27. The Labute approximate surface area is 137 Å². The van der Waals surface area contributed by atoms with E-state index in [1.54, 1.807) is 30.3 Å². The molecule has 0 unspecified atom stereocenters. The van der Waals surface area contributed by atoms with Crippen LogP contribution in [0.15, 0.2) is 30.7 Å². The Balaban J connectivity index is 1.79. The molecule has 0 saturated carbocycles. The zero-order valence-electron chi connectivity index (χ0n) is 13.1. The van der Waals surface area contributed by atoms with Crippen molar-refractivity contribution in [1.82, 2.24) is 19.4 Å². The molecule has 1 atom stereocenters. The Morgan fingerprint density at radius 1 is 1.38 bits per heavy atom. The fourth-order valence-corrected chi connectivity index (χ4v) is 3.04. The lowest BCUT2D eigenvalue weighted by atomic mass is 9.96. The number of carbonyl (C=O) groups excluding carboxylic acids is 1. The number of rotatable bonds is 2. The number of halogens is 3. The zero-order valence-corrected chi connectivity index (χ0v) is 13.1. The first-order valence-electron chi connectivity index (χ1n) is 7.66. The van der Waals surface area contributed by atoms with Crippen molar-refractivity contribution < 1.29 is 18.0 Å². The summed E-state index contributed by atoms with van der Waals surface area (Å²) in [6.45, 7) is 0.941. The Morgan fingerprint density at radius 2 is 2.17 bits per heavy atom.